The summed E-state index contributed by atoms with van der Waals surface area (Å²) in [6, 6.07) is 15.0. The van der Waals surface area contributed by atoms with Crippen LogP contribution in [-0.4, -0.2) is 24.5 Å². The molecule has 1 amide bonds. The number of rotatable bonds is 8. The Morgan fingerprint density at radius 1 is 1.03 bits per heavy atom. The molecular weight excluding hydrogens is 390 g/mol. The molecule has 0 aliphatic carbocycles. The lowest BCUT2D eigenvalue weighted by atomic mass is 10.1. The first-order valence-corrected chi connectivity index (χ1v) is 9.66. The lowest BCUT2D eigenvalue weighted by Gasteiger charge is -2.22. The summed E-state index contributed by atoms with van der Waals surface area (Å²) < 4.78 is 16.4. The van der Waals surface area contributed by atoms with E-state index in [-0.39, 0.29) is 12.5 Å². The summed E-state index contributed by atoms with van der Waals surface area (Å²) in [6.45, 7) is 4.55. The third-order valence-corrected chi connectivity index (χ3v) is 5.18. The Bertz CT molecular complexity index is 929. The first-order valence-electron chi connectivity index (χ1n) is 9.29. The van der Waals surface area contributed by atoms with Crippen LogP contribution in [0.5, 0.6) is 11.5 Å². The molecule has 3 aromatic rings. The number of aryl methyl sites for hydroxylation is 2. The van der Waals surface area contributed by atoms with Crippen molar-refractivity contribution in [1.29, 1.82) is 0 Å². The van der Waals surface area contributed by atoms with Crippen molar-refractivity contribution in [3.63, 3.8) is 0 Å². The Morgan fingerprint density at radius 3 is 2.31 bits per heavy atom. The zero-order chi connectivity index (χ0) is 20.8. The minimum Gasteiger partial charge on any atom is -0.497 e. The van der Waals surface area contributed by atoms with Gasteiger partial charge in [0.25, 0.3) is 5.91 Å². The van der Waals surface area contributed by atoms with E-state index in [2.05, 4.69) is 0 Å². The van der Waals surface area contributed by atoms with Crippen LogP contribution in [-0.2, 0) is 17.9 Å². The largest absolute Gasteiger partial charge is 0.497 e. The second kappa shape index (κ2) is 9.52. The number of methoxy groups -OCH3 is 1. The lowest BCUT2D eigenvalue weighted by molar-refractivity contribution is -0.134. The molecule has 152 valence electrons. The van der Waals surface area contributed by atoms with Gasteiger partial charge in [0.15, 0.2) is 6.61 Å². The maximum atomic E-state index is 12.9. The van der Waals surface area contributed by atoms with Gasteiger partial charge >= 0.3 is 0 Å². The highest BCUT2D eigenvalue weighted by molar-refractivity contribution is 6.32. The Labute approximate surface area is 175 Å². The van der Waals surface area contributed by atoms with E-state index in [0.29, 0.717) is 29.6 Å². The van der Waals surface area contributed by atoms with Crippen molar-refractivity contribution in [2.24, 2.45) is 0 Å². The number of amides is 1. The fourth-order valence-corrected chi connectivity index (χ4v) is 3.11. The number of benzene rings is 2. The summed E-state index contributed by atoms with van der Waals surface area (Å²) in [7, 11) is 1.62. The van der Waals surface area contributed by atoms with E-state index in [1.54, 1.807) is 24.3 Å². The van der Waals surface area contributed by atoms with Crippen LogP contribution >= 0.6 is 11.6 Å². The minimum atomic E-state index is -0.137. The van der Waals surface area contributed by atoms with Crippen LogP contribution in [0.1, 0.15) is 22.5 Å². The third kappa shape index (κ3) is 5.55. The number of halogens is 1. The van der Waals surface area contributed by atoms with Gasteiger partial charge in [-0.05, 0) is 66.9 Å². The number of ether oxygens (including phenoxy) is 2. The molecule has 0 fully saturated rings. The predicted octanol–water partition coefficient (Wildman–Crippen LogP) is 5.17. The van der Waals surface area contributed by atoms with Gasteiger partial charge in [-0.1, -0.05) is 23.7 Å². The topological polar surface area (TPSA) is 51.9 Å². The number of hydrogen-bond donors (Lipinski definition) is 0. The van der Waals surface area contributed by atoms with Crippen LogP contribution in [0, 0.1) is 13.8 Å². The van der Waals surface area contributed by atoms with E-state index in [4.69, 9.17) is 25.5 Å². The predicted molar refractivity (Wildman–Crippen MR) is 112 cm³/mol. The zero-order valence-electron chi connectivity index (χ0n) is 16.8. The summed E-state index contributed by atoms with van der Waals surface area (Å²) in [5.74, 6) is 1.97. The Morgan fingerprint density at radius 2 is 1.72 bits per heavy atom. The average Bonchev–Trinajstić information content (AvgIpc) is 3.23. The van der Waals surface area contributed by atoms with E-state index >= 15 is 0 Å². The maximum Gasteiger partial charge on any atom is 0.261 e. The molecule has 0 N–H and O–H groups in total. The zero-order valence-corrected chi connectivity index (χ0v) is 17.5. The smallest absolute Gasteiger partial charge is 0.261 e. The standard InChI is InChI=1S/C23H24ClNO4/c1-16-11-21(12-17(2)23(16)24)29-15-22(26)25(14-20-5-4-10-28-20)13-18-6-8-19(27-3)9-7-18/h4-12H,13-15H2,1-3H3. The molecule has 0 unspecified atom stereocenters. The maximum absolute atomic E-state index is 12.9. The minimum absolute atomic E-state index is 0.0720. The highest BCUT2D eigenvalue weighted by atomic mass is 35.5. The first kappa shape index (κ1) is 20.8. The first-order chi connectivity index (χ1) is 14.0. The molecule has 0 saturated heterocycles. The van der Waals surface area contributed by atoms with Crippen LogP contribution in [0.4, 0.5) is 0 Å². The normalized spacial score (nSPS) is 10.6. The second-order valence-corrected chi connectivity index (χ2v) is 7.21. The van der Waals surface area contributed by atoms with Gasteiger partial charge in [-0.15, -0.1) is 0 Å². The second-order valence-electron chi connectivity index (χ2n) is 6.84. The molecule has 1 heterocycles. The van der Waals surface area contributed by atoms with Crippen LogP contribution in [0.25, 0.3) is 0 Å². The quantitative estimate of drug-likeness (QED) is 0.511. The van der Waals surface area contributed by atoms with Crippen molar-refractivity contribution in [3.05, 3.63) is 82.3 Å². The fraction of sp³-hybridized carbons (Fsp3) is 0.261. The summed E-state index contributed by atoms with van der Waals surface area (Å²) >= 11 is 6.20. The Kier molecular flexibility index (Phi) is 6.83. The summed E-state index contributed by atoms with van der Waals surface area (Å²) in [4.78, 5) is 14.6. The summed E-state index contributed by atoms with van der Waals surface area (Å²) in [5.41, 5.74) is 2.82. The van der Waals surface area contributed by atoms with Gasteiger partial charge in [0.05, 0.1) is 19.9 Å². The SMILES string of the molecule is COc1ccc(CN(Cc2ccco2)C(=O)COc2cc(C)c(Cl)c(C)c2)cc1. The molecule has 3 rings (SSSR count). The molecule has 1 aromatic heterocycles. The van der Waals surface area contributed by atoms with Crippen LogP contribution < -0.4 is 9.47 Å². The van der Waals surface area contributed by atoms with Crippen molar-refractivity contribution in [2.75, 3.05) is 13.7 Å². The van der Waals surface area contributed by atoms with Gasteiger partial charge in [-0.3, -0.25) is 4.79 Å². The number of nitrogens with zero attached hydrogens (tertiary/aromatic N) is 1. The van der Waals surface area contributed by atoms with Gasteiger partial charge in [-0.25, -0.2) is 0 Å². The highest BCUT2D eigenvalue weighted by Gasteiger charge is 2.17. The van der Waals surface area contributed by atoms with Gasteiger partial charge in [-0.2, -0.15) is 0 Å². The van der Waals surface area contributed by atoms with Gasteiger partial charge < -0.3 is 18.8 Å². The lowest BCUT2D eigenvalue weighted by Crippen LogP contribution is -2.34. The van der Waals surface area contributed by atoms with Crippen molar-refractivity contribution in [2.45, 2.75) is 26.9 Å². The Balaban J connectivity index is 1.71. The molecule has 0 saturated carbocycles. The number of furan rings is 1. The van der Waals surface area contributed by atoms with Gasteiger partial charge in [0.2, 0.25) is 0 Å². The third-order valence-electron chi connectivity index (χ3n) is 4.58. The Hall–Kier alpha value is -2.92. The van der Waals surface area contributed by atoms with Crippen LogP contribution in [0.15, 0.2) is 59.2 Å². The number of carbonyl (C=O) groups excluding carboxylic acids is 1. The van der Waals surface area contributed by atoms with E-state index in [0.717, 1.165) is 22.4 Å². The molecule has 6 heteroatoms. The van der Waals surface area contributed by atoms with Gasteiger partial charge in [0, 0.05) is 11.6 Å². The molecule has 29 heavy (non-hydrogen) atoms. The molecule has 0 aliphatic heterocycles. The molecule has 0 radical (unpaired) electrons. The van der Waals surface area contributed by atoms with Crippen molar-refractivity contribution in [1.82, 2.24) is 4.90 Å². The molecule has 5 nitrogen and oxygen atoms in total. The van der Waals surface area contributed by atoms with E-state index in [9.17, 15) is 4.79 Å². The summed E-state index contributed by atoms with van der Waals surface area (Å²) in [6.07, 6.45) is 1.60. The van der Waals surface area contributed by atoms with E-state index in [1.807, 2.05) is 56.3 Å². The van der Waals surface area contributed by atoms with E-state index in [1.165, 1.54) is 0 Å². The monoisotopic (exact) mass is 413 g/mol. The average molecular weight is 414 g/mol. The molecule has 2 aromatic carbocycles. The van der Waals surface area contributed by atoms with Gasteiger partial charge in [0.1, 0.15) is 17.3 Å². The molecule has 0 spiro atoms. The van der Waals surface area contributed by atoms with Crippen molar-refractivity contribution in [3.8, 4) is 11.5 Å². The number of hydrogen-bond acceptors (Lipinski definition) is 4. The molecular formula is C23H24ClNO4. The van der Waals surface area contributed by atoms with Crippen molar-refractivity contribution < 1.29 is 18.7 Å². The molecule has 0 aliphatic rings. The van der Waals surface area contributed by atoms with Crippen LogP contribution in [0.3, 0.4) is 0 Å². The van der Waals surface area contributed by atoms with E-state index < -0.39 is 0 Å². The highest BCUT2D eigenvalue weighted by Crippen LogP contribution is 2.26. The molecule has 0 bridgehead atoms. The molecule has 0 atom stereocenters. The summed E-state index contributed by atoms with van der Waals surface area (Å²) in [5, 5.41) is 0.711. The van der Waals surface area contributed by atoms with Crippen LogP contribution in [0.2, 0.25) is 5.02 Å². The van der Waals surface area contributed by atoms with Crippen molar-refractivity contribution >= 4 is 17.5 Å². The fourth-order valence-electron chi connectivity index (χ4n) is 3.00. The number of carbonyl (C=O) groups is 1.